The van der Waals surface area contributed by atoms with Crippen LogP contribution in [0.3, 0.4) is 0 Å². The van der Waals surface area contributed by atoms with Crippen LogP contribution in [0.15, 0.2) is 0 Å². The van der Waals surface area contributed by atoms with Crippen molar-refractivity contribution in [3.8, 4) is 0 Å². The molecule has 0 unspecified atom stereocenters. The minimum atomic E-state index is -1.17. The monoisotopic (exact) mass is 102 g/mol. The van der Waals surface area contributed by atoms with Crippen molar-refractivity contribution in [2.45, 2.75) is 12.5 Å². The van der Waals surface area contributed by atoms with Crippen molar-refractivity contribution in [2.24, 2.45) is 5.73 Å². The predicted molar refractivity (Wildman–Crippen MR) is 25.4 cm³/mol. The van der Waals surface area contributed by atoms with E-state index in [1.807, 2.05) is 0 Å². The first kappa shape index (κ1) is 6.59. The van der Waals surface area contributed by atoms with Crippen LogP contribution in [0.25, 0.3) is 0 Å². The zero-order valence-electron chi connectivity index (χ0n) is 4.14. The number of carbonyl (C=O) groups excluding carboxylic acids is 1. The molecule has 3 N–H and O–H groups in total. The lowest BCUT2D eigenvalue weighted by molar-refractivity contribution is 0.244. The number of hydrogen-bond donors (Lipinski definition) is 2. The van der Waals surface area contributed by atoms with Crippen molar-refractivity contribution in [1.82, 2.24) is 0 Å². The Bertz CT molecular complexity index is 70.1. The van der Waals surface area contributed by atoms with Crippen LogP contribution in [0.2, 0.25) is 0 Å². The molecule has 0 aliphatic heterocycles. The molecule has 0 aromatic heterocycles. The summed E-state index contributed by atoms with van der Waals surface area (Å²) in [6, 6.07) is 0. The Labute approximate surface area is 42.1 Å². The summed E-state index contributed by atoms with van der Waals surface area (Å²) < 4.78 is 0. The van der Waals surface area contributed by atoms with Crippen LogP contribution >= 0.6 is 0 Å². The summed E-state index contributed by atoms with van der Waals surface area (Å²) in [4.78, 5) is 9.65. The van der Waals surface area contributed by atoms with Gasteiger partial charge in [-0.05, 0) is 6.92 Å². The molecule has 3 nitrogen and oxygen atoms in total. The number of hydrogen-bond acceptors (Lipinski definition) is 3. The van der Waals surface area contributed by atoms with E-state index in [2.05, 4.69) is 0 Å². The van der Waals surface area contributed by atoms with E-state index < -0.39 is 5.54 Å². The molecule has 0 aliphatic rings. The molecule has 0 aromatic carbocycles. The Morgan fingerprint density at radius 3 is 2.43 bits per heavy atom. The van der Waals surface area contributed by atoms with E-state index in [9.17, 15) is 4.79 Å². The molecule has 0 fully saturated rings. The molecule has 0 aromatic rings. The molecular weight excluding hydrogens is 94.0 g/mol. The highest BCUT2D eigenvalue weighted by Gasteiger charge is 2.15. The van der Waals surface area contributed by atoms with Crippen LogP contribution in [0, 0.1) is 0 Å². The van der Waals surface area contributed by atoms with Crippen LogP contribution in [-0.2, 0) is 4.79 Å². The summed E-state index contributed by atoms with van der Waals surface area (Å²) in [6.45, 7) is 1.05. The molecule has 0 bridgehead atoms. The van der Waals surface area contributed by atoms with E-state index in [1.165, 1.54) is 13.2 Å². The number of aliphatic hydroxyl groups excluding tert-OH is 1. The smallest absolute Gasteiger partial charge is 0.222 e. The minimum Gasteiger partial charge on any atom is -0.394 e. The lowest BCUT2D eigenvalue weighted by Crippen LogP contribution is -2.41. The predicted octanol–water partition coefficient (Wildman–Crippen LogP) is -1.19. The molecule has 0 heterocycles. The lowest BCUT2D eigenvalue weighted by atomic mass is 10.1. The molecule has 1 atom stereocenters. The van der Waals surface area contributed by atoms with Crippen molar-refractivity contribution in [3.05, 3.63) is 0 Å². The Morgan fingerprint density at radius 1 is 2.00 bits per heavy atom. The number of rotatable bonds is 2. The fraction of sp³-hybridized carbons (Fsp3) is 0.750. The van der Waals surface area contributed by atoms with Crippen molar-refractivity contribution in [1.29, 1.82) is 0 Å². The van der Waals surface area contributed by atoms with E-state index >= 15 is 0 Å². The molecule has 0 saturated carbocycles. The number of nitrogens with two attached hydrogens (primary N) is 1. The molecule has 1 radical (unpaired) electrons. The summed E-state index contributed by atoms with van der Waals surface area (Å²) >= 11 is 0. The molecule has 0 saturated heterocycles. The van der Waals surface area contributed by atoms with Crippen molar-refractivity contribution < 1.29 is 9.90 Å². The third kappa shape index (κ3) is 2.31. The molecule has 0 spiro atoms. The van der Waals surface area contributed by atoms with Gasteiger partial charge in [0.25, 0.3) is 0 Å². The Balaban J connectivity index is 3.58. The van der Waals surface area contributed by atoms with Crippen molar-refractivity contribution >= 4 is 6.29 Å². The molecular formula is C4H8NO2. The molecule has 0 aliphatic carbocycles. The van der Waals surface area contributed by atoms with Gasteiger partial charge in [-0.1, -0.05) is 0 Å². The third-order valence-electron chi connectivity index (χ3n) is 0.562. The first-order valence-electron chi connectivity index (χ1n) is 1.91. The van der Waals surface area contributed by atoms with E-state index in [0.29, 0.717) is 0 Å². The van der Waals surface area contributed by atoms with Gasteiger partial charge in [-0.3, -0.25) is 4.79 Å². The molecule has 3 heteroatoms. The second-order valence-electron chi connectivity index (χ2n) is 1.68. The van der Waals surface area contributed by atoms with Crippen molar-refractivity contribution in [3.63, 3.8) is 0 Å². The van der Waals surface area contributed by atoms with Gasteiger partial charge in [-0.15, -0.1) is 0 Å². The fourth-order valence-corrected chi connectivity index (χ4v) is 0.0323. The van der Waals surface area contributed by atoms with Gasteiger partial charge in [-0.2, -0.15) is 0 Å². The van der Waals surface area contributed by atoms with Crippen LogP contribution < -0.4 is 5.73 Å². The topological polar surface area (TPSA) is 63.3 Å². The van der Waals surface area contributed by atoms with Crippen LogP contribution in [-0.4, -0.2) is 23.5 Å². The maximum atomic E-state index is 9.65. The summed E-state index contributed by atoms with van der Waals surface area (Å²) in [5.74, 6) is 0. The molecule has 0 rings (SSSR count). The SMILES string of the molecule is C[C@@](N)([C]=O)CO. The zero-order chi connectivity index (χ0) is 5.91. The summed E-state index contributed by atoms with van der Waals surface area (Å²) in [6.07, 6.45) is 1.47. The minimum absolute atomic E-state index is 0.351. The summed E-state index contributed by atoms with van der Waals surface area (Å²) in [5.41, 5.74) is 3.87. The van der Waals surface area contributed by atoms with Crippen molar-refractivity contribution in [2.75, 3.05) is 6.61 Å². The lowest BCUT2D eigenvalue weighted by Gasteiger charge is -2.08. The molecule has 0 amide bonds. The average molecular weight is 102 g/mol. The van der Waals surface area contributed by atoms with Gasteiger partial charge in [0.15, 0.2) is 0 Å². The third-order valence-corrected chi connectivity index (χ3v) is 0.562. The second-order valence-corrected chi connectivity index (χ2v) is 1.68. The van der Waals surface area contributed by atoms with E-state index in [0.717, 1.165) is 0 Å². The highest BCUT2D eigenvalue weighted by Crippen LogP contribution is 1.87. The standard InChI is InChI=1S/C4H8NO2/c1-4(5,2-6)3-7/h6H,2,5H2,1H3/t4-/m0/s1. The van der Waals surface area contributed by atoms with Crippen LogP contribution in [0.1, 0.15) is 6.92 Å². The normalized spacial score (nSPS) is 18.1. The Kier molecular flexibility index (Phi) is 1.92. The van der Waals surface area contributed by atoms with Crippen LogP contribution in [0.5, 0.6) is 0 Å². The van der Waals surface area contributed by atoms with Gasteiger partial charge in [0, 0.05) is 0 Å². The van der Waals surface area contributed by atoms with Gasteiger partial charge < -0.3 is 10.8 Å². The highest BCUT2D eigenvalue weighted by atomic mass is 16.3. The summed E-state index contributed by atoms with van der Waals surface area (Å²) in [7, 11) is 0. The highest BCUT2D eigenvalue weighted by molar-refractivity contribution is 5.63. The van der Waals surface area contributed by atoms with Gasteiger partial charge in [0.05, 0.1) is 6.61 Å². The van der Waals surface area contributed by atoms with Gasteiger partial charge in [0.1, 0.15) is 5.54 Å². The Morgan fingerprint density at radius 2 is 2.43 bits per heavy atom. The zero-order valence-corrected chi connectivity index (χ0v) is 4.14. The maximum absolute atomic E-state index is 9.65. The Hall–Kier alpha value is -0.410. The first-order chi connectivity index (χ1) is 3.12. The largest absolute Gasteiger partial charge is 0.394 e. The molecule has 41 valence electrons. The quantitative estimate of drug-likeness (QED) is 0.460. The second kappa shape index (κ2) is 2.04. The van der Waals surface area contributed by atoms with E-state index in [4.69, 9.17) is 10.8 Å². The average Bonchev–Trinajstić information content (AvgIpc) is 1.68. The summed E-state index contributed by atoms with van der Waals surface area (Å²) in [5, 5.41) is 8.21. The first-order valence-corrected chi connectivity index (χ1v) is 1.91. The molecule has 7 heavy (non-hydrogen) atoms. The van der Waals surface area contributed by atoms with Gasteiger partial charge in [-0.25, -0.2) is 0 Å². The van der Waals surface area contributed by atoms with Crippen LogP contribution in [0.4, 0.5) is 0 Å². The van der Waals surface area contributed by atoms with Gasteiger partial charge >= 0.3 is 0 Å². The van der Waals surface area contributed by atoms with E-state index in [-0.39, 0.29) is 6.61 Å². The van der Waals surface area contributed by atoms with E-state index in [1.54, 1.807) is 0 Å². The fourth-order valence-electron chi connectivity index (χ4n) is 0.0323. The maximum Gasteiger partial charge on any atom is 0.222 e. The number of aliphatic hydroxyl groups is 1. The van der Waals surface area contributed by atoms with Gasteiger partial charge in [0.2, 0.25) is 6.29 Å².